The Morgan fingerprint density at radius 2 is 1.73 bits per heavy atom. The lowest BCUT2D eigenvalue weighted by molar-refractivity contribution is -0.144. The van der Waals surface area contributed by atoms with Crippen molar-refractivity contribution in [2.45, 2.75) is 11.0 Å². The van der Waals surface area contributed by atoms with Gasteiger partial charge in [0.1, 0.15) is 6.10 Å². The average Bonchev–Trinajstić information content (AvgIpc) is 3.27. The summed E-state index contributed by atoms with van der Waals surface area (Å²) in [7, 11) is -3.83. The fourth-order valence-electron chi connectivity index (χ4n) is 3.91. The van der Waals surface area contributed by atoms with Gasteiger partial charge in [0, 0.05) is 44.3 Å². The summed E-state index contributed by atoms with van der Waals surface area (Å²) in [6, 6.07) is 9.89. The van der Waals surface area contributed by atoms with Gasteiger partial charge in [-0.15, -0.1) is 0 Å². The third kappa shape index (κ3) is 4.61. The number of nitrogens with zero attached hydrogens (tertiary/aromatic N) is 3. The standard InChI is InChI=1S/C20H25ClN4O4S/c21-17-3-1-16-12-18(4-2-15(16)11-17)30(28,29)13-19(26)20(27)23-7-9-24(10-8-23)25-6-5-22-14-25/h1-4,11-12,19,22,26H,5-10,13-14H2/t19-/m1/s1. The number of aliphatic hydroxyl groups is 1. The molecule has 2 aliphatic heterocycles. The number of amides is 1. The summed E-state index contributed by atoms with van der Waals surface area (Å²) in [5.41, 5.74) is 0. The Balaban J connectivity index is 1.39. The van der Waals surface area contributed by atoms with Gasteiger partial charge >= 0.3 is 0 Å². The topological polar surface area (TPSA) is 93.2 Å². The highest BCUT2D eigenvalue weighted by Crippen LogP contribution is 2.23. The first-order chi connectivity index (χ1) is 14.3. The highest BCUT2D eigenvalue weighted by molar-refractivity contribution is 7.91. The van der Waals surface area contributed by atoms with Crippen LogP contribution < -0.4 is 5.32 Å². The zero-order valence-electron chi connectivity index (χ0n) is 16.5. The van der Waals surface area contributed by atoms with E-state index in [0.717, 1.165) is 30.5 Å². The van der Waals surface area contributed by atoms with Gasteiger partial charge in [-0.05, 0) is 35.0 Å². The van der Waals surface area contributed by atoms with E-state index in [1.54, 1.807) is 35.2 Å². The number of halogens is 1. The lowest BCUT2D eigenvalue weighted by Crippen LogP contribution is -2.56. The zero-order valence-corrected chi connectivity index (χ0v) is 18.1. The molecule has 0 saturated carbocycles. The van der Waals surface area contributed by atoms with E-state index in [1.165, 1.54) is 6.07 Å². The van der Waals surface area contributed by atoms with Gasteiger partial charge in [-0.3, -0.25) is 4.79 Å². The number of hydrazine groups is 1. The van der Waals surface area contributed by atoms with Gasteiger partial charge in [0.15, 0.2) is 9.84 Å². The minimum absolute atomic E-state index is 0.0792. The number of hydrogen-bond acceptors (Lipinski definition) is 7. The van der Waals surface area contributed by atoms with Crippen LogP contribution >= 0.6 is 11.6 Å². The number of fused-ring (bicyclic) bond motifs is 1. The molecule has 162 valence electrons. The molecule has 8 nitrogen and oxygen atoms in total. The first-order valence-electron chi connectivity index (χ1n) is 9.93. The first-order valence-corrected chi connectivity index (χ1v) is 12.0. The second-order valence-electron chi connectivity index (χ2n) is 7.62. The van der Waals surface area contributed by atoms with Gasteiger partial charge in [-0.1, -0.05) is 23.7 Å². The number of sulfone groups is 1. The summed E-state index contributed by atoms with van der Waals surface area (Å²) >= 11 is 5.97. The van der Waals surface area contributed by atoms with Gasteiger partial charge in [0.25, 0.3) is 5.91 Å². The van der Waals surface area contributed by atoms with Crippen LogP contribution in [0.15, 0.2) is 41.3 Å². The Morgan fingerprint density at radius 1 is 1.03 bits per heavy atom. The minimum Gasteiger partial charge on any atom is -0.382 e. The van der Waals surface area contributed by atoms with Crippen molar-refractivity contribution in [1.82, 2.24) is 20.2 Å². The third-order valence-corrected chi connectivity index (χ3v) is 7.57. The number of rotatable bonds is 5. The van der Waals surface area contributed by atoms with Crippen LogP contribution in [0.5, 0.6) is 0 Å². The predicted molar refractivity (Wildman–Crippen MR) is 115 cm³/mol. The summed E-state index contributed by atoms with van der Waals surface area (Å²) in [6.45, 7) is 4.93. The quantitative estimate of drug-likeness (QED) is 0.684. The predicted octanol–water partition coefficient (Wildman–Crippen LogP) is 0.550. The summed E-state index contributed by atoms with van der Waals surface area (Å²) < 4.78 is 25.6. The lowest BCUT2D eigenvalue weighted by atomic mass is 10.1. The number of hydrogen-bond donors (Lipinski definition) is 2. The third-order valence-electron chi connectivity index (χ3n) is 5.60. The van der Waals surface area contributed by atoms with Crippen molar-refractivity contribution >= 4 is 38.1 Å². The number of carbonyl (C=O) groups is 1. The maximum Gasteiger partial charge on any atom is 0.252 e. The highest BCUT2D eigenvalue weighted by Gasteiger charge is 2.32. The molecule has 1 amide bonds. The average molecular weight is 453 g/mol. The maximum absolute atomic E-state index is 12.8. The number of piperazine rings is 1. The fraction of sp³-hybridized carbons (Fsp3) is 0.450. The molecular weight excluding hydrogens is 428 g/mol. The molecule has 0 radical (unpaired) electrons. The molecule has 0 aliphatic carbocycles. The Kier molecular flexibility index (Phi) is 6.29. The van der Waals surface area contributed by atoms with Crippen LogP contribution in [0.25, 0.3) is 10.8 Å². The minimum atomic E-state index is -3.83. The number of aliphatic hydroxyl groups excluding tert-OH is 1. The van der Waals surface area contributed by atoms with Crippen LogP contribution in [0.2, 0.25) is 5.02 Å². The van der Waals surface area contributed by atoms with Gasteiger partial charge in [-0.25, -0.2) is 18.4 Å². The Morgan fingerprint density at radius 3 is 2.43 bits per heavy atom. The molecular formula is C20H25ClN4O4S. The summed E-state index contributed by atoms with van der Waals surface area (Å²) in [6.07, 6.45) is -1.59. The van der Waals surface area contributed by atoms with Crippen LogP contribution in [-0.2, 0) is 14.6 Å². The van der Waals surface area contributed by atoms with E-state index in [1.807, 2.05) is 0 Å². The Labute approximate surface area is 180 Å². The smallest absolute Gasteiger partial charge is 0.252 e. The number of nitrogens with one attached hydrogen (secondary N) is 1. The molecule has 2 aliphatic rings. The lowest BCUT2D eigenvalue weighted by Gasteiger charge is -2.39. The van der Waals surface area contributed by atoms with Crippen molar-refractivity contribution in [2.24, 2.45) is 0 Å². The second kappa shape index (κ2) is 8.78. The molecule has 2 aromatic carbocycles. The molecule has 2 heterocycles. The number of carbonyl (C=O) groups excluding carboxylic acids is 1. The van der Waals surface area contributed by atoms with Crippen LogP contribution in [0.3, 0.4) is 0 Å². The van der Waals surface area contributed by atoms with E-state index in [2.05, 4.69) is 15.3 Å². The van der Waals surface area contributed by atoms with Gasteiger partial charge in [-0.2, -0.15) is 0 Å². The molecule has 0 bridgehead atoms. The molecule has 2 saturated heterocycles. The number of benzene rings is 2. The molecule has 1 atom stereocenters. The molecule has 2 aromatic rings. The van der Waals surface area contributed by atoms with E-state index >= 15 is 0 Å². The molecule has 2 N–H and O–H groups in total. The molecule has 0 unspecified atom stereocenters. The second-order valence-corrected chi connectivity index (χ2v) is 10.1. The SMILES string of the molecule is O=C([C@H](O)CS(=O)(=O)c1ccc2cc(Cl)ccc2c1)N1CCN(N2CCNC2)CC1. The Hall–Kier alpha value is -1.75. The van der Waals surface area contributed by atoms with E-state index < -0.39 is 27.6 Å². The summed E-state index contributed by atoms with van der Waals surface area (Å²) in [4.78, 5) is 14.3. The molecule has 4 rings (SSSR count). The van der Waals surface area contributed by atoms with Gasteiger partial charge in [0.2, 0.25) is 0 Å². The van der Waals surface area contributed by atoms with Crippen molar-refractivity contribution in [3.63, 3.8) is 0 Å². The molecule has 10 heteroatoms. The van der Waals surface area contributed by atoms with E-state index in [4.69, 9.17) is 11.6 Å². The van der Waals surface area contributed by atoms with Crippen molar-refractivity contribution in [3.8, 4) is 0 Å². The normalized spacial score (nSPS) is 20.0. The Bertz CT molecular complexity index is 1030. The summed E-state index contributed by atoms with van der Waals surface area (Å²) in [5, 5.41) is 20.2. The maximum atomic E-state index is 12.8. The van der Waals surface area contributed by atoms with Gasteiger partial charge in [0.05, 0.1) is 17.3 Å². The van der Waals surface area contributed by atoms with Gasteiger partial charge < -0.3 is 15.3 Å². The fourth-order valence-corrected chi connectivity index (χ4v) is 5.42. The largest absolute Gasteiger partial charge is 0.382 e. The van der Waals surface area contributed by atoms with Crippen molar-refractivity contribution in [3.05, 3.63) is 41.4 Å². The van der Waals surface area contributed by atoms with Crippen LogP contribution in [0, 0.1) is 0 Å². The summed E-state index contributed by atoms with van der Waals surface area (Å²) in [5.74, 6) is -1.17. The van der Waals surface area contributed by atoms with E-state index in [0.29, 0.717) is 31.2 Å². The molecule has 30 heavy (non-hydrogen) atoms. The van der Waals surface area contributed by atoms with Crippen molar-refractivity contribution < 1.29 is 18.3 Å². The molecule has 2 fully saturated rings. The zero-order chi connectivity index (χ0) is 21.3. The molecule has 0 aromatic heterocycles. The van der Waals surface area contributed by atoms with Crippen LogP contribution in [-0.4, -0.2) is 92.1 Å². The monoisotopic (exact) mass is 452 g/mol. The van der Waals surface area contributed by atoms with Crippen LogP contribution in [0.1, 0.15) is 0 Å². The highest BCUT2D eigenvalue weighted by atomic mass is 35.5. The van der Waals surface area contributed by atoms with Crippen LogP contribution in [0.4, 0.5) is 0 Å². The molecule has 0 spiro atoms. The van der Waals surface area contributed by atoms with E-state index in [9.17, 15) is 18.3 Å². The van der Waals surface area contributed by atoms with E-state index in [-0.39, 0.29) is 4.90 Å². The first kappa shape index (κ1) is 21.5. The van der Waals surface area contributed by atoms with Crippen molar-refractivity contribution in [1.29, 1.82) is 0 Å². The van der Waals surface area contributed by atoms with Crippen molar-refractivity contribution in [2.75, 3.05) is 51.7 Å².